The molecule has 0 aliphatic heterocycles. The quantitative estimate of drug-likeness (QED) is 0.737. The number of amides is 1. The van der Waals surface area contributed by atoms with Gasteiger partial charge in [-0.1, -0.05) is 18.2 Å². The Bertz CT molecular complexity index is 658. The first kappa shape index (κ1) is 17.0. The molecule has 0 spiro atoms. The van der Waals surface area contributed by atoms with Gasteiger partial charge >= 0.3 is 0 Å². The van der Waals surface area contributed by atoms with Crippen LogP contribution in [0.4, 0.5) is 5.69 Å². The average molecular weight is 314 g/mol. The molecule has 2 aromatic rings. The van der Waals surface area contributed by atoms with Gasteiger partial charge in [-0.3, -0.25) is 4.79 Å². The van der Waals surface area contributed by atoms with Crippen molar-refractivity contribution in [3.63, 3.8) is 0 Å². The first-order valence-electron chi connectivity index (χ1n) is 7.62. The number of carbonyl (C=O) groups excluding carboxylic acids is 1. The molecule has 1 heterocycles. The SMILES string of the molecule is CCN(C(=O)c1ccnc(OCCOC)c1)c1ccccc1C. The average Bonchev–Trinajstić information content (AvgIpc) is 2.57. The van der Waals surface area contributed by atoms with Gasteiger partial charge in [-0.05, 0) is 31.5 Å². The fraction of sp³-hybridized carbons (Fsp3) is 0.333. The third kappa shape index (κ3) is 4.29. The number of carbonyl (C=O) groups is 1. The number of aryl methyl sites for hydroxylation is 1. The van der Waals surface area contributed by atoms with Crippen LogP contribution in [0.3, 0.4) is 0 Å². The van der Waals surface area contributed by atoms with Crippen LogP contribution in [0.1, 0.15) is 22.8 Å². The Kier molecular flexibility index (Phi) is 6.11. The van der Waals surface area contributed by atoms with Gasteiger partial charge in [0.15, 0.2) is 0 Å². The molecule has 23 heavy (non-hydrogen) atoms. The number of anilines is 1. The fourth-order valence-corrected chi connectivity index (χ4v) is 2.30. The molecular weight excluding hydrogens is 292 g/mol. The molecule has 5 nitrogen and oxygen atoms in total. The van der Waals surface area contributed by atoms with Crippen molar-refractivity contribution in [3.05, 3.63) is 53.7 Å². The van der Waals surface area contributed by atoms with Crippen LogP contribution in [-0.4, -0.2) is 37.8 Å². The number of aromatic nitrogens is 1. The molecule has 0 bridgehead atoms. The molecule has 122 valence electrons. The van der Waals surface area contributed by atoms with Crippen LogP contribution in [0.5, 0.6) is 5.88 Å². The minimum atomic E-state index is -0.0687. The van der Waals surface area contributed by atoms with E-state index in [-0.39, 0.29) is 5.91 Å². The third-order valence-electron chi connectivity index (χ3n) is 3.49. The van der Waals surface area contributed by atoms with Crippen molar-refractivity contribution in [2.75, 3.05) is 31.8 Å². The lowest BCUT2D eigenvalue weighted by Crippen LogP contribution is -2.31. The van der Waals surface area contributed by atoms with E-state index in [0.29, 0.717) is 31.2 Å². The number of benzene rings is 1. The molecule has 0 radical (unpaired) electrons. The van der Waals surface area contributed by atoms with E-state index in [1.54, 1.807) is 30.3 Å². The van der Waals surface area contributed by atoms with E-state index in [4.69, 9.17) is 9.47 Å². The Hall–Kier alpha value is -2.40. The maximum Gasteiger partial charge on any atom is 0.258 e. The van der Waals surface area contributed by atoms with Gasteiger partial charge in [0.25, 0.3) is 5.91 Å². The zero-order valence-electron chi connectivity index (χ0n) is 13.8. The van der Waals surface area contributed by atoms with Crippen molar-refractivity contribution >= 4 is 11.6 Å². The van der Waals surface area contributed by atoms with Gasteiger partial charge in [0.2, 0.25) is 5.88 Å². The number of pyridine rings is 1. The van der Waals surface area contributed by atoms with Gasteiger partial charge in [0.1, 0.15) is 6.61 Å². The summed E-state index contributed by atoms with van der Waals surface area (Å²) in [7, 11) is 1.61. The highest BCUT2D eigenvalue weighted by molar-refractivity contribution is 6.06. The van der Waals surface area contributed by atoms with Crippen molar-refractivity contribution < 1.29 is 14.3 Å². The summed E-state index contributed by atoms with van der Waals surface area (Å²) < 4.78 is 10.4. The predicted octanol–water partition coefficient (Wildman–Crippen LogP) is 3.08. The lowest BCUT2D eigenvalue weighted by molar-refractivity contribution is 0.0987. The van der Waals surface area contributed by atoms with E-state index < -0.39 is 0 Å². The highest BCUT2D eigenvalue weighted by Gasteiger charge is 2.18. The monoisotopic (exact) mass is 314 g/mol. The molecule has 0 atom stereocenters. The van der Waals surface area contributed by atoms with Gasteiger partial charge in [-0.25, -0.2) is 4.98 Å². The highest BCUT2D eigenvalue weighted by Crippen LogP contribution is 2.22. The van der Waals surface area contributed by atoms with E-state index in [1.807, 2.05) is 38.1 Å². The number of hydrogen-bond donors (Lipinski definition) is 0. The summed E-state index contributed by atoms with van der Waals surface area (Å²) >= 11 is 0. The van der Waals surface area contributed by atoms with E-state index in [2.05, 4.69) is 4.98 Å². The Labute approximate surface area is 136 Å². The Morgan fingerprint density at radius 3 is 2.70 bits per heavy atom. The molecule has 0 aliphatic rings. The Morgan fingerprint density at radius 2 is 2.00 bits per heavy atom. The van der Waals surface area contributed by atoms with Crippen LogP contribution in [0.25, 0.3) is 0 Å². The fourth-order valence-electron chi connectivity index (χ4n) is 2.30. The summed E-state index contributed by atoms with van der Waals surface area (Å²) in [5.41, 5.74) is 2.53. The van der Waals surface area contributed by atoms with Crippen LogP contribution in [0.15, 0.2) is 42.6 Å². The molecule has 2 rings (SSSR count). The van der Waals surface area contributed by atoms with Crippen molar-refractivity contribution in [1.82, 2.24) is 4.98 Å². The minimum Gasteiger partial charge on any atom is -0.475 e. The number of hydrogen-bond acceptors (Lipinski definition) is 4. The molecular formula is C18H22N2O3. The molecule has 1 amide bonds. The van der Waals surface area contributed by atoms with Crippen molar-refractivity contribution in [3.8, 4) is 5.88 Å². The van der Waals surface area contributed by atoms with Gasteiger partial charge < -0.3 is 14.4 Å². The topological polar surface area (TPSA) is 51.7 Å². The van der Waals surface area contributed by atoms with Crippen molar-refractivity contribution in [2.24, 2.45) is 0 Å². The molecule has 5 heteroatoms. The second kappa shape index (κ2) is 8.29. The standard InChI is InChI=1S/C18H22N2O3/c1-4-20(16-8-6-5-7-14(16)2)18(21)15-9-10-19-17(13-15)23-12-11-22-3/h5-10,13H,4,11-12H2,1-3H3. The van der Waals surface area contributed by atoms with Crippen LogP contribution in [0, 0.1) is 6.92 Å². The Morgan fingerprint density at radius 1 is 1.22 bits per heavy atom. The molecule has 1 aromatic carbocycles. The van der Waals surface area contributed by atoms with E-state index in [0.717, 1.165) is 11.3 Å². The molecule has 0 unspecified atom stereocenters. The summed E-state index contributed by atoms with van der Waals surface area (Å²) in [6.07, 6.45) is 1.58. The third-order valence-corrected chi connectivity index (χ3v) is 3.49. The normalized spacial score (nSPS) is 10.4. The number of para-hydroxylation sites is 1. The zero-order chi connectivity index (χ0) is 16.7. The minimum absolute atomic E-state index is 0.0687. The van der Waals surface area contributed by atoms with Gasteiger partial charge in [-0.2, -0.15) is 0 Å². The van der Waals surface area contributed by atoms with E-state index in [9.17, 15) is 4.79 Å². The second-order valence-corrected chi connectivity index (χ2v) is 5.06. The maximum absolute atomic E-state index is 12.8. The number of ether oxygens (including phenoxy) is 2. The smallest absolute Gasteiger partial charge is 0.258 e. The number of nitrogens with zero attached hydrogens (tertiary/aromatic N) is 2. The van der Waals surface area contributed by atoms with E-state index >= 15 is 0 Å². The summed E-state index contributed by atoms with van der Waals surface area (Å²) in [6, 6.07) is 11.2. The van der Waals surface area contributed by atoms with Crippen LogP contribution in [-0.2, 0) is 4.74 Å². The molecule has 0 N–H and O–H groups in total. The zero-order valence-corrected chi connectivity index (χ0v) is 13.8. The maximum atomic E-state index is 12.8. The largest absolute Gasteiger partial charge is 0.475 e. The van der Waals surface area contributed by atoms with Crippen LogP contribution in [0.2, 0.25) is 0 Å². The van der Waals surface area contributed by atoms with Crippen molar-refractivity contribution in [1.29, 1.82) is 0 Å². The van der Waals surface area contributed by atoms with Gasteiger partial charge in [-0.15, -0.1) is 0 Å². The highest BCUT2D eigenvalue weighted by atomic mass is 16.5. The van der Waals surface area contributed by atoms with Gasteiger partial charge in [0.05, 0.1) is 6.61 Å². The molecule has 0 aliphatic carbocycles. The summed E-state index contributed by atoms with van der Waals surface area (Å²) in [5.74, 6) is 0.356. The Balaban J connectivity index is 2.21. The lowest BCUT2D eigenvalue weighted by atomic mass is 10.1. The van der Waals surface area contributed by atoms with Crippen molar-refractivity contribution in [2.45, 2.75) is 13.8 Å². The van der Waals surface area contributed by atoms with Gasteiger partial charge in [0, 0.05) is 37.2 Å². The van der Waals surface area contributed by atoms with E-state index in [1.165, 1.54) is 0 Å². The van der Waals surface area contributed by atoms with Crippen LogP contribution < -0.4 is 9.64 Å². The summed E-state index contributed by atoms with van der Waals surface area (Å²) in [6.45, 7) is 5.42. The summed E-state index contributed by atoms with van der Waals surface area (Å²) in [4.78, 5) is 18.7. The molecule has 0 saturated carbocycles. The molecule has 0 fully saturated rings. The summed E-state index contributed by atoms with van der Waals surface area (Å²) in [5, 5.41) is 0. The van der Waals surface area contributed by atoms with Crippen LogP contribution >= 0.6 is 0 Å². The number of methoxy groups -OCH3 is 1. The first-order valence-corrected chi connectivity index (χ1v) is 7.62. The first-order chi connectivity index (χ1) is 11.2. The molecule has 0 saturated heterocycles. The lowest BCUT2D eigenvalue weighted by Gasteiger charge is -2.23. The predicted molar refractivity (Wildman–Crippen MR) is 90.1 cm³/mol. The molecule has 1 aromatic heterocycles. The second-order valence-electron chi connectivity index (χ2n) is 5.06. The number of rotatable bonds is 7.